The molecular formula is C14H20N4O3. The predicted octanol–water partition coefficient (Wildman–Crippen LogP) is 1.27. The van der Waals surface area contributed by atoms with Gasteiger partial charge in [0.05, 0.1) is 4.92 Å². The van der Waals surface area contributed by atoms with Crippen LogP contribution in [-0.2, 0) is 0 Å². The van der Waals surface area contributed by atoms with E-state index in [2.05, 4.69) is 22.4 Å². The Kier molecular flexibility index (Phi) is 5.24. The number of amides is 1. The summed E-state index contributed by atoms with van der Waals surface area (Å²) in [5.74, 6) is -0.204. The summed E-state index contributed by atoms with van der Waals surface area (Å²) in [6, 6.07) is 5.63. The van der Waals surface area contributed by atoms with Crippen molar-refractivity contribution in [2.45, 2.75) is 12.8 Å². The molecule has 1 aliphatic rings. The number of rotatable bonds is 5. The first-order valence-corrected chi connectivity index (χ1v) is 7.06. The van der Waals surface area contributed by atoms with E-state index in [-0.39, 0.29) is 11.6 Å². The monoisotopic (exact) mass is 292 g/mol. The summed E-state index contributed by atoms with van der Waals surface area (Å²) in [7, 11) is 2.05. The van der Waals surface area contributed by atoms with Gasteiger partial charge in [-0.05, 0) is 25.0 Å². The topological polar surface area (TPSA) is 78.7 Å². The Hall–Kier alpha value is -1.99. The van der Waals surface area contributed by atoms with Crippen molar-refractivity contribution in [1.82, 2.24) is 15.3 Å². The van der Waals surface area contributed by atoms with Crippen LogP contribution in [0.4, 0.5) is 5.69 Å². The molecule has 2 rings (SSSR count). The molecule has 1 saturated heterocycles. The lowest BCUT2D eigenvalue weighted by molar-refractivity contribution is -0.384. The van der Waals surface area contributed by atoms with Crippen LogP contribution in [0.5, 0.6) is 0 Å². The number of hydrazine groups is 1. The Bertz CT molecular complexity index is 503. The molecule has 1 aromatic rings. The summed E-state index contributed by atoms with van der Waals surface area (Å²) < 4.78 is 0. The van der Waals surface area contributed by atoms with Crippen molar-refractivity contribution >= 4 is 11.6 Å². The van der Waals surface area contributed by atoms with Gasteiger partial charge in [-0.25, -0.2) is 10.0 Å². The molecule has 1 heterocycles. The normalized spacial score (nSPS) is 16.6. The van der Waals surface area contributed by atoms with Crippen molar-refractivity contribution in [3.63, 3.8) is 0 Å². The van der Waals surface area contributed by atoms with Crippen molar-refractivity contribution in [2.24, 2.45) is 0 Å². The molecule has 0 atom stereocenters. The van der Waals surface area contributed by atoms with Gasteiger partial charge in [0, 0.05) is 50.9 Å². The summed E-state index contributed by atoms with van der Waals surface area (Å²) in [5, 5.41) is 17.8. The molecule has 1 fully saturated rings. The van der Waals surface area contributed by atoms with Gasteiger partial charge in [-0.1, -0.05) is 0 Å². The highest BCUT2D eigenvalue weighted by atomic mass is 16.6. The maximum atomic E-state index is 11.9. The van der Waals surface area contributed by atoms with E-state index in [4.69, 9.17) is 0 Å². The smallest absolute Gasteiger partial charge is 0.269 e. The van der Waals surface area contributed by atoms with Gasteiger partial charge in [0.25, 0.3) is 11.6 Å². The molecule has 7 nitrogen and oxygen atoms in total. The van der Waals surface area contributed by atoms with Crippen LogP contribution in [0, 0.1) is 10.1 Å². The number of hydrogen-bond donors (Lipinski definition) is 1. The summed E-state index contributed by atoms with van der Waals surface area (Å²) in [5.41, 5.74) is 0.425. The average Bonchev–Trinajstić information content (AvgIpc) is 2.49. The van der Waals surface area contributed by atoms with Crippen molar-refractivity contribution < 1.29 is 9.72 Å². The summed E-state index contributed by atoms with van der Waals surface area (Å²) >= 11 is 0. The minimum absolute atomic E-state index is 0.0125. The van der Waals surface area contributed by atoms with E-state index in [1.807, 2.05) is 0 Å². The van der Waals surface area contributed by atoms with Crippen LogP contribution in [0.15, 0.2) is 24.3 Å². The molecule has 1 N–H and O–H groups in total. The highest BCUT2D eigenvalue weighted by Crippen LogP contribution is 2.12. The second-order valence-electron chi connectivity index (χ2n) is 5.10. The molecule has 1 aromatic carbocycles. The van der Waals surface area contributed by atoms with Crippen LogP contribution in [-0.4, -0.2) is 54.1 Å². The Morgan fingerprint density at radius 1 is 1.29 bits per heavy atom. The van der Waals surface area contributed by atoms with Crippen LogP contribution in [0.2, 0.25) is 0 Å². The number of carbonyl (C=O) groups excluding carboxylic acids is 1. The van der Waals surface area contributed by atoms with Gasteiger partial charge in [-0.15, -0.1) is 0 Å². The number of carbonyl (C=O) groups is 1. The van der Waals surface area contributed by atoms with Crippen molar-refractivity contribution in [3.8, 4) is 0 Å². The number of nitro benzene ring substituents is 1. The van der Waals surface area contributed by atoms with E-state index in [0.717, 1.165) is 19.6 Å². The van der Waals surface area contributed by atoms with Gasteiger partial charge in [-0.3, -0.25) is 14.9 Å². The highest BCUT2D eigenvalue weighted by molar-refractivity contribution is 5.94. The fourth-order valence-electron chi connectivity index (χ4n) is 2.36. The third kappa shape index (κ3) is 4.24. The van der Waals surface area contributed by atoms with Crippen LogP contribution in [0.25, 0.3) is 0 Å². The maximum absolute atomic E-state index is 11.9. The number of non-ortho nitro benzene ring substituents is 1. The van der Waals surface area contributed by atoms with Crippen molar-refractivity contribution in [2.75, 3.05) is 33.2 Å². The molecule has 0 aromatic heterocycles. The van der Waals surface area contributed by atoms with E-state index < -0.39 is 4.92 Å². The number of nitrogens with one attached hydrogen (secondary N) is 1. The first kappa shape index (κ1) is 15.4. The molecule has 0 unspecified atom stereocenters. The van der Waals surface area contributed by atoms with E-state index in [1.165, 1.54) is 37.1 Å². The molecule has 0 spiro atoms. The van der Waals surface area contributed by atoms with Crippen LogP contribution >= 0.6 is 0 Å². The zero-order valence-corrected chi connectivity index (χ0v) is 12.1. The molecule has 0 radical (unpaired) electrons. The Morgan fingerprint density at radius 2 is 1.95 bits per heavy atom. The molecule has 0 saturated carbocycles. The van der Waals surface area contributed by atoms with Gasteiger partial charge in [0.2, 0.25) is 0 Å². The second-order valence-corrected chi connectivity index (χ2v) is 5.10. The Balaban J connectivity index is 1.80. The molecule has 1 aliphatic heterocycles. The fraction of sp³-hybridized carbons (Fsp3) is 0.500. The summed E-state index contributed by atoms with van der Waals surface area (Å²) in [6.07, 6.45) is 2.39. The van der Waals surface area contributed by atoms with Gasteiger partial charge in [0.15, 0.2) is 0 Å². The van der Waals surface area contributed by atoms with Gasteiger partial charge < -0.3 is 5.32 Å². The number of nitro groups is 1. The second kappa shape index (κ2) is 7.14. The quantitative estimate of drug-likeness (QED) is 0.653. The Morgan fingerprint density at radius 3 is 2.57 bits per heavy atom. The lowest BCUT2D eigenvalue weighted by Crippen LogP contribution is -2.47. The number of nitrogens with zero attached hydrogens (tertiary/aromatic N) is 3. The summed E-state index contributed by atoms with van der Waals surface area (Å²) in [6.45, 7) is 3.40. The van der Waals surface area contributed by atoms with Gasteiger partial charge in [-0.2, -0.15) is 0 Å². The minimum Gasteiger partial charge on any atom is -0.351 e. The zero-order valence-electron chi connectivity index (χ0n) is 12.1. The highest BCUT2D eigenvalue weighted by Gasteiger charge is 2.15. The largest absolute Gasteiger partial charge is 0.351 e. The SMILES string of the molecule is CN1CCCCN1CCNC(=O)c1ccc([N+](=O)[O-])cc1. The number of hydrogen-bond acceptors (Lipinski definition) is 5. The molecule has 1 amide bonds. The Labute approximate surface area is 123 Å². The predicted molar refractivity (Wildman–Crippen MR) is 78.9 cm³/mol. The minimum atomic E-state index is -0.478. The average molecular weight is 292 g/mol. The first-order valence-electron chi connectivity index (χ1n) is 7.06. The molecule has 0 bridgehead atoms. The van der Waals surface area contributed by atoms with Gasteiger partial charge >= 0.3 is 0 Å². The zero-order chi connectivity index (χ0) is 15.2. The lowest BCUT2D eigenvalue weighted by Gasteiger charge is -2.35. The van der Waals surface area contributed by atoms with Crippen molar-refractivity contribution in [1.29, 1.82) is 0 Å². The van der Waals surface area contributed by atoms with E-state index in [0.29, 0.717) is 12.1 Å². The maximum Gasteiger partial charge on any atom is 0.269 e. The molecule has 7 heteroatoms. The van der Waals surface area contributed by atoms with Crippen LogP contribution in [0.1, 0.15) is 23.2 Å². The third-order valence-electron chi connectivity index (χ3n) is 3.63. The molecule has 21 heavy (non-hydrogen) atoms. The fourth-order valence-corrected chi connectivity index (χ4v) is 2.36. The molecule has 0 aliphatic carbocycles. The first-order chi connectivity index (χ1) is 10.1. The standard InChI is InChI=1S/C14H20N4O3/c1-16-9-2-3-10-17(16)11-8-15-14(19)12-4-6-13(7-5-12)18(20)21/h4-7H,2-3,8-11H2,1H3,(H,15,19). The van der Waals surface area contributed by atoms with Crippen LogP contribution < -0.4 is 5.32 Å². The molecule has 114 valence electrons. The van der Waals surface area contributed by atoms with Crippen LogP contribution in [0.3, 0.4) is 0 Å². The van der Waals surface area contributed by atoms with E-state index >= 15 is 0 Å². The van der Waals surface area contributed by atoms with Gasteiger partial charge in [0.1, 0.15) is 0 Å². The van der Waals surface area contributed by atoms with E-state index in [9.17, 15) is 14.9 Å². The number of benzene rings is 1. The van der Waals surface area contributed by atoms with Crippen molar-refractivity contribution in [3.05, 3.63) is 39.9 Å². The third-order valence-corrected chi connectivity index (χ3v) is 3.63. The molecular weight excluding hydrogens is 272 g/mol. The summed E-state index contributed by atoms with van der Waals surface area (Å²) in [4.78, 5) is 22.0. The lowest BCUT2D eigenvalue weighted by atomic mass is 10.2. The van der Waals surface area contributed by atoms with E-state index in [1.54, 1.807) is 0 Å².